The molecule has 0 unspecified atom stereocenters. The summed E-state index contributed by atoms with van der Waals surface area (Å²) in [7, 11) is 1.48. The van der Waals surface area contributed by atoms with E-state index < -0.39 is 5.63 Å². The highest BCUT2D eigenvalue weighted by Crippen LogP contribution is 2.31. The van der Waals surface area contributed by atoms with E-state index in [9.17, 15) is 9.59 Å². The number of hydrogen-bond donors (Lipinski definition) is 0. The van der Waals surface area contributed by atoms with Crippen molar-refractivity contribution < 1.29 is 13.9 Å². The number of rotatable bonds is 2. The predicted molar refractivity (Wildman–Crippen MR) is 76.5 cm³/mol. The van der Waals surface area contributed by atoms with Crippen molar-refractivity contribution in [1.82, 2.24) is 0 Å². The largest absolute Gasteiger partial charge is 0.496 e. The maximum Gasteiger partial charge on any atom is 0.344 e. The SMILES string of the molecule is COc1ccc2c(oc(=O)c3ccccc32)c1C(C)=O. The fraction of sp³-hybridized carbons (Fsp3) is 0.125. The molecule has 0 atom stereocenters. The third kappa shape index (κ3) is 1.69. The second-order valence-corrected chi connectivity index (χ2v) is 4.51. The van der Waals surface area contributed by atoms with E-state index in [4.69, 9.17) is 9.15 Å². The second kappa shape index (κ2) is 4.49. The number of fused-ring (bicyclic) bond motifs is 3. The van der Waals surface area contributed by atoms with Gasteiger partial charge in [0.15, 0.2) is 11.4 Å². The number of benzene rings is 2. The summed E-state index contributed by atoms with van der Waals surface area (Å²) in [4.78, 5) is 23.9. The van der Waals surface area contributed by atoms with Gasteiger partial charge in [0, 0.05) is 5.39 Å². The van der Waals surface area contributed by atoms with E-state index in [1.54, 1.807) is 24.3 Å². The Balaban J connectivity index is 2.60. The molecule has 0 saturated heterocycles. The monoisotopic (exact) mass is 268 g/mol. The van der Waals surface area contributed by atoms with Crippen LogP contribution >= 0.6 is 0 Å². The summed E-state index contributed by atoms with van der Waals surface area (Å²) in [6.07, 6.45) is 0. The van der Waals surface area contributed by atoms with Gasteiger partial charge < -0.3 is 9.15 Å². The van der Waals surface area contributed by atoms with Crippen molar-refractivity contribution in [1.29, 1.82) is 0 Å². The molecule has 0 radical (unpaired) electrons. The van der Waals surface area contributed by atoms with Crippen LogP contribution < -0.4 is 10.4 Å². The molecule has 4 nitrogen and oxygen atoms in total. The molecular formula is C16H12O4. The van der Waals surface area contributed by atoms with Crippen LogP contribution in [0, 0.1) is 0 Å². The first-order chi connectivity index (χ1) is 9.63. The Hall–Kier alpha value is -2.62. The Bertz CT molecular complexity index is 890. The number of methoxy groups -OCH3 is 1. The van der Waals surface area contributed by atoms with Crippen LogP contribution in [-0.4, -0.2) is 12.9 Å². The van der Waals surface area contributed by atoms with Gasteiger partial charge in [-0.25, -0.2) is 4.79 Å². The normalized spacial score (nSPS) is 10.9. The van der Waals surface area contributed by atoms with Crippen molar-refractivity contribution >= 4 is 27.5 Å². The summed E-state index contributed by atoms with van der Waals surface area (Å²) >= 11 is 0. The first-order valence-corrected chi connectivity index (χ1v) is 6.17. The molecule has 0 spiro atoms. The number of hydrogen-bond acceptors (Lipinski definition) is 4. The van der Waals surface area contributed by atoms with Gasteiger partial charge in [-0.05, 0) is 30.5 Å². The van der Waals surface area contributed by atoms with Crippen molar-refractivity contribution in [2.75, 3.05) is 7.11 Å². The van der Waals surface area contributed by atoms with Crippen LogP contribution in [0.3, 0.4) is 0 Å². The molecule has 0 aliphatic heterocycles. The van der Waals surface area contributed by atoms with Crippen molar-refractivity contribution in [2.45, 2.75) is 6.92 Å². The number of ether oxygens (including phenoxy) is 1. The summed E-state index contributed by atoms with van der Waals surface area (Å²) in [5, 5.41) is 2.00. The van der Waals surface area contributed by atoms with Gasteiger partial charge in [0.05, 0.1) is 12.5 Å². The first-order valence-electron chi connectivity index (χ1n) is 6.17. The standard InChI is InChI=1S/C16H12O4/c1-9(17)14-13(19-2)8-7-11-10-5-3-4-6-12(10)16(18)20-15(11)14/h3-8H,1-2H3. The number of carbonyl (C=O) groups is 1. The molecule has 0 aliphatic rings. The number of carbonyl (C=O) groups excluding carboxylic acids is 1. The third-order valence-electron chi connectivity index (χ3n) is 3.32. The summed E-state index contributed by atoms with van der Waals surface area (Å²) in [5.74, 6) is 0.203. The van der Waals surface area contributed by atoms with Gasteiger partial charge in [-0.1, -0.05) is 18.2 Å². The Morgan fingerprint density at radius 1 is 1.05 bits per heavy atom. The lowest BCUT2D eigenvalue weighted by Crippen LogP contribution is -2.04. The van der Waals surface area contributed by atoms with Gasteiger partial charge in [0.1, 0.15) is 11.3 Å². The molecule has 0 saturated carbocycles. The smallest absolute Gasteiger partial charge is 0.344 e. The summed E-state index contributed by atoms with van der Waals surface area (Å²) in [6.45, 7) is 1.42. The van der Waals surface area contributed by atoms with Crippen molar-refractivity contribution in [2.24, 2.45) is 0 Å². The zero-order valence-electron chi connectivity index (χ0n) is 11.1. The minimum absolute atomic E-state index is 0.203. The van der Waals surface area contributed by atoms with E-state index in [1.165, 1.54) is 14.0 Å². The minimum Gasteiger partial charge on any atom is -0.496 e. The Morgan fingerprint density at radius 3 is 2.40 bits per heavy atom. The van der Waals surface area contributed by atoms with Gasteiger partial charge in [0.2, 0.25) is 0 Å². The molecule has 0 bridgehead atoms. The van der Waals surface area contributed by atoms with E-state index in [2.05, 4.69) is 0 Å². The van der Waals surface area contributed by atoms with E-state index in [-0.39, 0.29) is 11.4 Å². The van der Waals surface area contributed by atoms with Crippen LogP contribution in [-0.2, 0) is 0 Å². The lowest BCUT2D eigenvalue weighted by molar-refractivity contribution is 0.101. The fourth-order valence-electron chi connectivity index (χ4n) is 2.43. The molecule has 2 aromatic carbocycles. The maximum absolute atomic E-state index is 12.0. The van der Waals surface area contributed by atoms with E-state index in [0.29, 0.717) is 16.7 Å². The minimum atomic E-state index is -0.455. The zero-order valence-corrected chi connectivity index (χ0v) is 11.1. The molecular weight excluding hydrogens is 256 g/mol. The van der Waals surface area contributed by atoms with Crippen LogP contribution in [0.5, 0.6) is 5.75 Å². The van der Waals surface area contributed by atoms with Crippen LogP contribution in [0.1, 0.15) is 17.3 Å². The Labute approximate surface area is 114 Å². The van der Waals surface area contributed by atoms with Crippen LogP contribution in [0.2, 0.25) is 0 Å². The van der Waals surface area contributed by atoms with Gasteiger partial charge in [-0.3, -0.25) is 4.79 Å². The van der Waals surface area contributed by atoms with Gasteiger partial charge in [-0.15, -0.1) is 0 Å². The van der Waals surface area contributed by atoms with E-state index in [1.807, 2.05) is 12.1 Å². The van der Waals surface area contributed by atoms with Crippen LogP contribution in [0.25, 0.3) is 21.7 Å². The lowest BCUT2D eigenvalue weighted by Gasteiger charge is -2.09. The lowest BCUT2D eigenvalue weighted by atomic mass is 10.0. The van der Waals surface area contributed by atoms with Crippen LogP contribution in [0.15, 0.2) is 45.6 Å². The molecule has 3 aromatic rings. The van der Waals surface area contributed by atoms with Gasteiger partial charge in [0.25, 0.3) is 0 Å². The second-order valence-electron chi connectivity index (χ2n) is 4.51. The quantitative estimate of drug-likeness (QED) is 0.407. The molecule has 0 aliphatic carbocycles. The average Bonchev–Trinajstić information content (AvgIpc) is 2.46. The average molecular weight is 268 g/mol. The van der Waals surface area contributed by atoms with Crippen molar-refractivity contribution in [3.8, 4) is 5.75 Å². The molecule has 1 heterocycles. The van der Waals surface area contributed by atoms with Crippen molar-refractivity contribution in [3.05, 3.63) is 52.4 Å². The maximum atomic E-state index is 12.0. The summed E-state index contributed by atoms with van der Waals surface area (Å²) in [6, 6.07) is 10.7. The molecule has 100 valence electrons. The molecule has 0 N–H and O–H groups in total. The molecule has 0 fully saturated rings. The third-order valence-corrected chi connectivity index (χ3v) is 3.32. The highest BCUT2D eigenvalue weighted by molar-refractivity contribution is 6.13. The number of ketones is 1. The molecule has 20 heavy (non-hydrogen) atoms. The van der Waals surface area contributed by atoms with Gasteiger partial charge >= 0.3 is 5.63 Å². The Kier molecular flexibility index (Phi) is 2.79. The Morgan fingerprint density at radius 2 is 1.75 bits per heavy atom. The zero-order chi connectivity index (χ0) is 14.3. The summed E-state index contributed by atoms with van der Waals surface area (Å²) in [5.41, 5.74) is 0.122. The molecule has 0 amide bonds. The molecule has 3 rings (SSSR count). The van der Waals surface area contributed by atoms with Crippen LogP contribution in [0.4, 0.5) is 0 Å². The predicted octanol–water partition coefficient (Wildman–Crippen LogP) is 3.16. The topological polar surface area (TPSA) is 56.5 Å². The molecule has 4 heteroatoms. The fourth-order valence-corrected chi connectivity index (χ4v) is 2.43. The van der Waals surface area contributed by atoms with Gasteiger partial charge in [-0.2, -0.15) is 0 Å². The van der Waals surface area contributed by atoms with E-state index in [0.717, 1.165) is 10.8 Å². The highest BCUT2D eigenvalue weighted by Gasteiger charge is 2.17. The summed E-state index contributed by atoms with van der Waals surface area (Å²) < 4.78 is 10.5. The molecule has 1 aromatic heterocycles. The van der Waals surface area contributed by atoms with E-state index >= 15 is 0 Å². The van der Waals surface area contributed by atoms with Crippen molar-refractivity contribution in [3.63, 3.8) is 0 Å². The highest BCUT2D eigenvalue weighted by atomic mass is 16.5. The number of Topliss-reactive ketones (excluding diaryl/α,β-unsaturated/α-hetero) is 1. The first kappa shape index (κ1) is 12.4.